The van der Waals surface area contributed by atoms with Crippen LogP contribution in [0.5, 0.6) is 5.75 Å². The van der Waals surface area contributed by atoms with Crippen LogP contribution >= 0.6 is 39.1 Å². The molecule has 4 aromatic rings. The molecule has 6 nitrogen and oxygen atoms in total. The smallest absolute Gasteiger partial charge is 0.291 e. The summed E-state index contributed by atoms with van der Waals surface area (Å²) >= 11 is 15.4. The van der Waals surface area contributed by atoms with E-state index in [0.29, 0.717) is 33.8 Å². The van der Waals surface area contributed by atoms with Crippen molar-refractivity contribution in [3.63, 3.8) is 0 Å². The number of aromatic nitrogens is 2. The average Bonchev–Trinajstić information content (AvgIpc) is 3.40. The molecule has 0 bridgehead atoms. The Bertz CT molecular complexity index is 1220. The highest BCUT2D eigenvalue weighted by Gasteiger charge is 2.13. The van der Waals surface area contributed by atoms with Gasteiger partial charge in [-0.2, -0.15) is 5.10 Å². The molecule has 4 rings (SSSR count). The summed E-state index contributed by atoms with van der Waals surface area (Å²) in [7, 11) is 0. The van der Waals surface area contributed by atoms with Gasteiger partial charge in [-0.1, -0.05) is 41.4 Å². The molecule has 0 spiro atoms. The first-order valence-electron chi connectivity index (χ1n) is 9.22. The van der Waals surface area contributed by atoms with E-state index >= 15 is 0 Å². The number of halogens is 3. The van der Waals surface area contributed by atoms with Crippen molar-refractivity contribution in [2.45, 2.75) is 13.2 Å². The number of rotatable bonds is 7. The normalized spacial score (nSPS) is 10.8. The van der Waals surface area contributed by atoms with E-state index in [1.54, 1.807) is 41.3 Å². The van der Waals surface area contributed by atoms with E-state index < -0.39 is 0 Å². The lowest BCUT2D eigenvalue weighted by atomic mass is 10.2. The average molecular weight is 521 g/mol. The molecule has 0 saturated carbocycles. The van der Waals surface area contributed by atoms with Crippen molar-refractivity contribution in [2.24, 2.45) is 0 Å². The number of carbonyl (C=O) groups is 1. The molecule has 0 radical (unpaired) electrons. The summed E-state index contributed by atoms with van der Waals surface area (Å²) in [4.78, 5) is 12.5. The van der Waals surface area contributed by atoms with E-state index in [1.807, 2.05) is 30.3 Å². The van der Waals surface area contributed by atoms with Gasteiger partial charge in [0.15, 0.2) is 5.76 Å². The Morgan fingerprint density at radius 3 is 2.77 bits per heavy atom. The second-order valence-electron chi connectivity index (χ2n) is 6.61. The Hall–Kier alpha value is -2.74. The zero-order chi connectivity index (χ0) is 21.8. The molecule has 0 aliphatic carbocycles. The Morgan fingerprint density at radius 2 is 1.97 bits per heavy atom. The van der Waals surface area contributed by atoms with Crippen LogP contribution in [0.4, 0.5) is 5.69 Å². The van der Waals surface area contributed by atoms with Crippen molar-refractivity contribution in [2.75, 3.05) is 5.32 Å². The first-order chi connectivity index (χ1) is 15.0. The Labute approximate surface area is 196 Å². The summed E-state index contributed by atoms with van der Waals surface area (Å²) in [6.07, 6.45) is 3.29. The van der Waals surface area contributed by atoms with Crippen LogP contribution in [0.25, 0.3) is 0 Å². The maximum Gasteiger partial charge on any atom is 0.291 e. The highest BCUT2D eigenvalue weighted by atomic mass is 79.9. The molecule has 2 heterocycles. The third-order valence-electron chi connectivity index (χ3n) is 4.31. The number of para-hydroxylation sites is 1. The molecule has 1 amide bonds. The topological polar surface area (TPSA) is 69.3 Å². The van der Waals surface area contributed by atoms with E-state index in [0.717, 1.165) is 10.0 Å². The van der Waals surface area contributed by atoms with Crippen molar-refractivity contribution in [1.29, 1.82) is 0 Å². The fraction of sp³-hybridized carbons (Fsp3) is 0.0909. The molecule has 9 heteroatoms. The first-order valence-corrected chi connectivity index (χ1v) is 10.8. The van der Waals surface area contributed by atoms with Gasteiger partial charge in [-0.3, -0.25) is 9.48 Å². The van der Waals surface area contributed by atoms with Crippen LogP contribution in [0.2, 0.25) is 10.0 Å². The van der Waals surface area contributed by atoms with Crippen LogP contribution in [0.3, 0.4) is 0 Å². The number of hydrogen-bond donors (Lipinski definition) is 1. The quantitative estimate of drug-likeness (QED) is 0.305. The van der Waals surface area contributed by atoms with Crippen LogP contribution in [0.15, 0.2) is 75.9 Å². The molecule has 0 unspecified atom stereocenters. The third kappa shape index (κ3) is 5.50. The van der Waals surface area contributed by atoms with Gasteiger partial charge in [0, 0.05) is 6.20 Å². The predicted octanol–water partition coefficient (Wildman–Crippen LogP) is 6.43. The fourth-order valence-corrected chi connectivity index (χ4v) is 3.54. The van der Waals surface area contributed by atoms with Crippen molar-refractivity contribution in [3.05, 3.63) is 98.6 Å². The van der Waals surface area contributed by atoms with Gasteiger partial charge in [0.05, 0.1) is 32.9 Å². The zero-order valence-corrected chi connectivity index (χ0v) is 19.1. The molecule has 0 aliphatic heterocycles. The summed E-state index contributed by atoms with van der Waals surface area (Å²) in [5.74, 6) is 1.04. The number of hydrogen-bond acceptors (Lipinski definition) is 4. The third-order valence-corrected chi connectivity index (χ3v) is 5.71. The maximum absolute atomic E-state index is 12.5. The SMILES string of the molecule is O=C(Nc1cnn(Cc2ccc(Cl)c(Cl)c2)c1)c1ccc(COc2ccccc2Br)o1. The molecule has 2 aromatic carbocycles. The Morgan fingerprint density at radius 1 is 1.13 bits per heavy atom. The predicted molar refractivity (Wildman–Crippen MR) is 123 cm³/mol. The van der Waals surface area contributed by atoms with E-state index in [1.165, 1.54) is 0 Å². The molecule has 0 fully saturated rings. The summed E-state index contributed by atoms with van der Waals surface area (Å²) in [6.45, 7) is 0.696. The van der Waals surface area contributed by atoms with Crippen molar-refractivity contribution in [3.8, 4) is 5.75 Å². The maximum atomic E-state index is 12.5. The minimum atomic E-state index is -0.374. The Balaban J connectivity index is 1.34. The van der Waals surface area contributed by atoms with Crippen LogP contribution < -0.4 is 10.1 Å². The summed E-state index contributed by atoms with van der Waals surface area (Å²) in [5.41, 5.74) is 1.49. The van der Waals surface area contributed by atoms with Gasteiger partial charge in [-0.05, 0) is 57.9 Å². The van der Waals surface area contributed by atoms with Crippen molar-refractivity contribution < 1.29 is 13.9 Å². The summed E-state index contributed by atoms with van der Waals surface area (Å²) < 4.78 is 13.8. The summed E-state index contributed by atoms with van der Waals surface area (Å²) in [6, 6.07) is 16.2. The van der Waals surface area contributed by atoms with Gasteiger partial charge >= 0.3 is 0 Å². The number of nitrogens with zero attached hydrogens (tertiary/aromatic N) is 2. The molecule has 158 valence electrons. The molecular formula is C22H16BrCl2N3O3. The minimum Gasteiger partial charge on any atom is -0.484 e. The monoisotopic (exact) mass is 519 g/mol. The minimum absolute atomic E-state index is 0.183. The standard InChI is InChI=1S/C22H16BrCl2N3O3/c23-17-3-1-2-4-20(17)30-13-16-6-8-21(31-16)22(29)27-15-10-26-28(12-15)11-14-5-7-18(24)19(25)9-14/h1-10,12H,11,13H2,(H,27,29). The van der Waals surface area contributed by atoms with Gasteiger partial charge in [-0.15, -0.1) is 0 Å². The highest BCUT2D eigenvalue weighted by molar-refractivity contribution is 9.10. The van der Waals surface area contributed by atoms with Gasteiger partial charge < -0.3 is 14.5 Å². The Kier molecular flexibility index (Phi) is 6.65. The number of amides is 1. The van der Waals surface area contributed by atoms with Gasteiger partial charge in [0.25, 0.3) is 5.91 Å². The van der Waals surface area contributed by atoms with E-state index in [9.17, 15) is 4.79 Å². The van der Waals surface area contributed by atoms with Gasteiger partial charge in [0.1, 0.15) is 18.1 Å². The van der Waals surface area contributed by atoms with E-state index in [4.69, 9.17) is 32.4 Å². The van der Waals surface area contributed by atoms with Crippen molar-refractivity contribution in [1.82, 2.24) is 9.78 Å². The van der Waals surface area contributed by atoms with Gasteiger partial charge in [0.2, 0.25) is 0 Å². The lowest BCUT2D eigenvalue weighted by Gasteiger charge is -2.05. The molecule has 1 N–H and O–H groups in total. The number of carbonyl (C=O) groups excluding carboxylic acids is 1. The van der Waals surface area contributed by atoms with E-state index in [2.05, 4.69) is 26.3 Å². The number of ether oxygens (including phenoxy) is 1. The number of nitrogens with one attached hydrogen (secondary N) is 1. The number of anilines is 1. The molecule has 31 heavy (non-hydrogen) atoms. The number of furan rings is 1. The van der Waals surface area contributed by atoms with Crippen LogP contribution in [-0.4, -0.2) is 15.7 Å². The van der Waals surface area contributed by atoms with Crippen LogP contribution in [0, 0.1) is 0 Å². The molecule has 0 saturated heterocycles. The van der Waals surface area contributed by atoms with Crippen LogP contribution in [0.1, 0.15) is 21.9 Å². The highest BCUT2D eigenvalue weighted by Crippen LogP contribution is 2.25. The van der Waals surface area contributed by atoms with E-state index in [-0.39, 0.29) is 18.3 Å². The lowest BCUT2D eigenvalue weighted by Crippen LogP contribution is -2.10. The molecule has 2 aromatic heterocycles. The molecule has 0 aliphatic rings. The zero-order valence-electron chi connectivity index (χ0n) is 16.0. The lowest BCUT2D eigenvalue weighted by molar-refractivity contribution is 0.0992. The molecular weight excluding hydrogens is 505 g/mol. The van der Waals surface area contributed by atoms with Gasteiger partial charge in [-0.25, -0.2) is 0 Å². The van der Waals surface area contributed by atoms with Crippen LogP contribution in [-0.2, 0) is 13.2 Å². The first kappa shape index (κ1) is 21.5. The largest absolute Gasteiger partial charge is 0.484 e. The summed E-state index contributed by atoms with van der Waals surface area (Å²) in [5, 5.41) is 8.01. The molecule has 0 atom stereocenters. The van der Waals surface area contributed by atoms with Crippen molar-refractivity contribution >= 4 is 50.7 Å². The second kappa shape index (κ2) is 9.60. The number of benzene rings is 2. The second-order valence-corrected chi connectivity index (χ2v) is 8.28. The fourth-order valence-electron chi connectivity index (χ4n) is 2.82.